The average Bonchev–Trinajstić information content (AvgIpc) is 2.41. The molecule has 0 saturated carbocycles. The summed E-state index contributed by atoms with van der Waals surface area (Å²) in [6.45, 7) is 3.94. The lowest BCUT2D eigenvalue weighted by Gasteiger charge is -2.00. The van der Waals surface area contributed by atoms with Crippen LogP contribution >= 0.6 is 11.8 Å². The lowest BCUT2D eigenvalue weighted by molar-refractivity contribution is 0.418. The van der Waals surface area contributed by atoms with Gasteiger partial charge in [-0.2, -0.15) is 8.78 Å². The maximum atomic E-state index is 11.7. The highest BCUT2D eigenvalue weighted by Crippen LogP contribution is 2.20. The van der Waals surface area contributed by atoms with E-state index in [0.717, 1.165) is 22.6 Å². The Labute approximate surface area is 92.4 Å². The SMILES string of the molecule is Cc1nc(SCCC=C(F)F)n(C)c1C. The van der Waals surface area contributed by atoms with E-state index in [-0.39, 0.29) is 0 Å². The van der Waals surface area contributed by atoms with Crippen molar-refractivity contribution >= 4 is 11.8 Å². The summed E-state index contributed by atoms with van der Waals surface area (Å²) in [5.74, 6) is 0.626. The number of hydrogen-bond acceptors (Lipinski definition) is 2. The third-order valence-electron chi connectivity index (χ3n) is 2.22. The summed E-state index contributed by atoms with van der Waals surface area (Å²) < 4.78 is 25.5. The van der Waals surface area contributed by atoms with Gasteiger partial charge in [0.05, 0.1) is 5.69 Å². The van der Waals surface area contributed by atoms with Crippen molar-refractivity contribution in [2.75, 3.05) is 5.75 Å². The topological polar surface area (TPSA) is 17.8 Å². The van der Waals surface area contributed by atoms with Crippen LogP contribution in [0.4, 0.5) is 8.78 Å². The smallest absolute Gasteiger partial charge is 0.266 e. The highest BCUT2D eigenvalue weighted by Gasteiger charge is 2.07. The van der Waals surface area contributed by atoms with Gasteiger partial charge in [-0.3, -0.25) is 0 Å². The number of aromatic nitrogens is 2. The van der Waals surface area contributed by atoms with E-state index < -0.39 is 6.08 Å². The summed E-state index contributed by atoms with van der Waals surface area (Å²) in [5.41, 5.74) is 2.11. The zero-order chi connectivity index (χ0) is 11.4. The van der Waals surface area contributed by atoms with Gasteiger partial charge in [-0.1, -0.05) is 11.8 Å². The molecule has 0 saturated heterocycles. The first-order valence-corrected chi connectivity index (χ1v) is 5.64. The van der Waals surface area contributed by atoms with Gasteiger partial charge < -0.3 is 4.57 Å². The van der Waals surface area contributed by atoms with Gasteiger partial charge in [0, 0.05) is 18.5 Å². The van der Waals surface area contributed by atoms with E-state index in [0.29, 0.717) is 12.2 Å². The molecule has 2 nitrogen and oxygen atoms in total. The first-order chi connectivity index (χ1) is 7.02. The number of thioether (sulfide) groups is 1. The van der Waals surface area contributed by atoms with Crippen molar-refractivity contribution in [2.45, 2.75) is 25.4 Å². The molecule has 15 heavy (non-hydrogen) atoms. The molecule has 0 aromatic carbocycles. The van der Waals surface area contributed by atoms with Crippen LogP contribution in [0.25, 0.3) is 0 Å². The predicted octanol–water partition coefficient (Wildman–Crippen LogP) is 3.30. The summed E-state index contributed by atoms with van der Waals surface area (Å²) >= 11 is 1.50. The molecule has 1 rings (SSSR count). The number of hydrogen-bond donors (Lipinski definition) is 0. The molecule has 0 aliphatic carbocycles. The molecule has 1 heterocycles. The quantitative estimate of drug-likeness (QED) is 0.585. The lowest BCUT2D eigenvalue weighted by Crippen LogP contribution is -1.93. The number of allylic oxidation sites excluding steroid dienone is 1. The Bertz CT molecular complexity index is 368. The number of rotatable bonds is 4. The molecule has 0 N–H and O–H groups in total. The van der Waals surface area contributed by atoms with E-state index in [1.165, 1.54) is 11.8 Å². The van der Waals surface area contributed by atoms with Crippen LogP contribution in [0, 0.1) is 13.8 Å². The maximum Gasteiger partial charge on any atom is 0.266 e. The molecule has 0 aliphatic heterocycles. The Hall–Kier alpha value is -0.840. The van der Waals surface area contributed by atoms with Crippen LogP contribution < -0.4 is 0 Å². The molecule has 0 amide bonds. The summed E-state index contributed by atoms with van der Waals surface area (Å²) in [6.07, 6.45) is -0.295. The predicted molar refractivity (Wildman–Crippen MR) is 58.3 cm³/mol. The lowest BCUT2D eigenvalue weighted by atomic mass is 10.4. The third-order valence-corrected chi connectivity index (χ3v) is 3.29. The van der Waals surface area contributed by atoms with Gasteiger partial charge in [-0.15, -0.1) is 0 Å². The van der Waals surface area contributed by atoms with Crippen molar-refractivity contribution in [1.82, 2.24) is 9.55 Å². The second kappa shape index (κ2) is 5.30. The zero-order valence-electron chi connectivity index (χ0n) is 9.05. The van der Waals surface area contributed by atoms with E-state index in [2.05, 4.69) is 4.98 Å². The van der Waals surface area contributed by atoms with E-state index >= 15 is 0 Å². The number of halogens is 2. The molecule has 0 bridgehead atoms. The van der Waals surface area contributed by atoms with Crippen LogP contribution in [0.3, 0.4) is 0 Å². The molecule has 0 unspecified atom stereocenters. The fourth-order valence-corrected chi connectivity index (χ4v) is 2.08. The second-order valence-electron chi connectivity index (χ2n) is 3.26. The van der Waals surface area contributed by atoms with Crippen LogP contribution in [-0.4, -0.2) is 15.3 Å². The molecule has 0 aliphatic rings. The molecular weight excluding hydrogens is 218 g/mol. The molecule has 0 spiro atoms. The van der Waals surface area contributed by atoms with Crippen molar-refractivity contribution < 1.29 is 8.78 Å². The first-order valence-electron chi connectivity index (χ1n) is 4.66. The standard InChI is InChI=1S/C10H14F2N2S/c1-7-8(2)14(3)10(13-7)15-6-4-5-9(11)12/h5H,4,6H2,1-3H3. The fourth-order valence-electron chi connectivity index (χ4n) is 1.13. The van der Waals surface area contributed by atoms with E-state index in [1.807, 2.05) is 25.5 Å². The molecule has 1 aromatic heterocycles. The van der Waals surface area contributed by atoms with Crippen LogP contribution in [-0.2, 0) is 7.05 Å². The van der Waals surface area contributed by atoms with E-state index in [1.54, 1.807) is 0 Å². The molecule has 84 valence electrons. The van der Waals surface area contributed by atoms with Gasteiger partial charge in [0.25, 0.3) is 6.08 Å². The Kier molecular flexibility index (Phi) is 4.32. The normalized spacial score (nSPS) is 10.5. The van der Waals surface area contributed by atoms with Gasteiger partial charge in [-0.25, -0.2) is 4.98 Å². The molecular formula is C10H14F2N2S. The zero-order valence-corrected chi connectivity index (χ0v) is 9.87. The van der Waals surface area contributed by atoms with Crippen LogP contribution in [0.2, 0.25) is 0 Å². The van der Waals surface area contributed by atoms with Crippen molar-refractivity contribution in [3.05, 3.63) is 23.5 Å². The molecule has 0 radical (unpaired) electrons. The Morgan fingerprint density at radius 1 is 1.47 bits per heavy atom. The molecule has 0 atom stereocenters. The highest BCUT2D eigenvalue weighted by atomic mass is 32.2. The minimum absolute atomic E-state index is 0.373. The molecule has 1 aromatic rings. The van der Waals surface area contributed by atoms with Crippen LogP contribution in [0.5, 0.6) is 0 Å². The van der Waals surface area contributed by atoms with Gasteiger partial charge in [0.2, 0.25) is 0 Å². The maximum absolute atomic E-state index is 11.7. The average molecular weight is 232 g/mol. The van der Waals surface area contributed by atoms with Gasteiger partial charge in [0.15, 0.2) is 5.16 Å². The molecule has 5 heteroatoms. The minimum atomic E-state index is -1.61. The largest absolute Gasteiger partial charge is 0.326 e. The van der Waals surface area contributed by atoms with Gasteiger partial charge in [0.1, 0.15) is 0 Å². The monoisotopic (exact) mass is 232 g/mol. The minimum Gasteiger partial charge on any atom is -0.326 e. The van der Waals surface area contributed by atoms with Crippen molar-refractivity contribution in [1.29, 1.82) is 0 Å². The Balaban J connectivity index is 2.51. The number of aryl methyl sites for hydroxylation is 1. The van der Waals surface area contributed by atoms with Crippen LogP contribution in [0.1, 0.15) is 17.8 Å². The molecule has 0 fully saturated rings. The Morgan fingerprint density at radius 2 is 2.13 bits per heavy atom. The summed E-state index contributed by atoms with van der Waals surface area (Å²) in [4.78, 5) is 4.34. The summed E-state index contributed by atoms with van der Waals surface area (Å²) in [7, 11) is 1.93. The van der Waals surface area contributed by atoms with Crippen molar-refractivity contribution in [2.24, 2.45) is 7.05 Å². The van der Waals surface area contributed by atoms with E-state index in [4.69, 9.17) is 0 Å². The van der Waals surface area contributed by atoms with Gasteiger partial charge >= 0.3 is 0 Å². The highest BCUT2D eigenvalue weighted by molar-refractivity contribution is 7.99. The fraction of sp³-hybridized carbons (Fsp3) is 0.500. The van der Waals surface area contributed by atoms with E-state index in [9.17, 15) is 8.78 Å². The van der Waals surface area contributed by atoms with Crippen molar-refractivity contribution in [3.63, 3.8) is 0 Å². The summed E-state index contributed by atoms with van der Waals surface area (Å²) in [5, 5.41) is 0.887. The first kappa shape index (κ1) is 12.2. The number of nitrogens with zero attached hydrogens (tertiary/aromatic N) is 2. The van der Waals surface area contributed by atoms with Crippen molar-refractivity contribution in [3.8, 4) is 0 Å². The number of imidazole rings is 1. The van der Waals surface area contributed by atoms with Gasteiger partial charge in [-0.05, 0) is 26.3 Å². The van der Waals surface area contributed by atoms with Crippen LogP contribution in [0.15, 0.2) is 17.3 Å². The Morgan fingerprint density at radius 3 is 2.60 bits per heavy atom. The third kappa shape index (κ3) is 3.34. The second-order valence-corrected chi connectivity index (χ2v) is 4.32. The summed E-state index contributed by atoms with van der Waals surface area (Å²) in [6, 6.07) is 0.